The number of primary amides is 1. The highest BCUT2D eigenvalue weighted by atomic mass is 16.6. The molecule has 3 N–H and O–H groups in total. The molecular formula is C10H17N3O2. The summed E-state index contributed by atoms with van der Waals surface area (Å²) in [6.45, 7) is 2.54. The number of amides is 1. The molecule has 1 aliphatic heterocycles. The number of hydroxylamine groups is 1. The molecule has 0 spiro atoms. The van der Waals surface area contributed by atoms with Gasteiger partial charge in [0.15, 0.2) is 0 Å². The molecule has 0 bridgehead atoms. The summed E-state index contributed by atoms with van der Waals surface area (Å²) in [6.07, 6.45) is 7.17. The quantitative estimate of drug-likeness (QED) is 0.456. The number of rotatable bonds is 5. The lowest BCUT2D eigenvalue weighted by Gasteiger charge is -2.30. The van der Waals surface area contributed by atoms with Crippen LogP contribution in [0.2, 0.25) is 0 Å². The minimum absolute atomic E-state index is 0.0788. The monoisotopic (exact) mass is 211 g/mol. The van der Waals surface area contributed by atoms with Crippen LogP contribution in [0.25, 0.3) is 0 Å². The van der Waals surface area contributed by atoms with Gasteiger partial charge in [0.1, 0.15) is 6.61 Å². The molecule has 0 radical (unpaired) electrons. The molecule has 15 heavy (non-hydrogen) atoms. The van der Waals surface area contributed by atoms with E-state index in [1.54, 1.807) is 0 Å². The average molecular weight is 211 g/mol. The van der Waals surface area contributed by atoms with Gasteiger partial charge in [-0.1, -0.05) is 5.92 Å². The summed E-state index contributed by atoms with van der Waals surface area (Å²) in [5.41, 5.74) is 7.77. The van der Waals surface area contributed by atoms with Crippen molar-refractivity contribution in [2.45, 2.75) is 18.9 Å². The molecule has 1 saturated heterocycles. The molecule has 0 atom stereocenters. The van der Waals surface area contributed by atoms with E-state index in [0.717, 1.165) is 25.9 Å². The molecule has 1 aliphatic rings. The van der Waals surface area contributed by atoms with Gasteiger partial charge in [-0.3, -0.25) is 14.5 Å². The first-order chi connectivity index (χ1) is 7.22. The summed E-state index contributed by atoms with van der Waals surface area (Å²) < 4.78 is 0. The Labute approximate surface area is 89.9 Å². The summed E-state index contributed by atoms with van der Waals surface area (Å²) in [5, 5.41) is 0. The minimum Gasteiger partial charge on any atom is -0.368 e. The number of carbonyl (C=O) groups excluding carboxylic acids is 1. The second-order valence-corrected chi connectivity index (χ2v) is 3.63. The summed E-state index contributed by atoms with van der Waals surface area (Å²) >= 11 is 0. The van der Waals surface area contributed by atoms with Gasteiger partial charge in [0.05, 0.1) is 6.54 Å². The molecule has 0 aromatic rings. The van der Waals surface area contributed by atoms with E-state index in [0.29, 0.717) is 12.6 Å². The highest BCUT2D eigenvalue weighted by molar-refractivity contribution is 5.74. The first-order valence-corrected chi connectivity index (χ1v) is 5.04. The maximum atomic E-state index is 10.4. The van der Waals surface area contributed by atoms with E-state index in [1.807, 2.05) is 0 Å². The predicted molar refractivity (Wildman–Crippen MR) is 56.6 cm³/mol. The van der Waals surface area contributed by atoms with E-state index >= 15 is 0 Å². The van der Waals surface area contributed by atoms with Gasteiger partial charge >= 0.3 is 0 Å². The van der Waals surface area contributed by atoms with Crippen LogP contribution in [-0.4, -0.2) is 43.1 Å². The molecule has 0 aliphatic carbocycles. The number of hydrogen-bond acceptors (Lipinski definition) is 4. The number of piperidine rings is 1. The van der Waals surface area contributed by atoms with Crippen LogP contribution in [0.15, 0.2) is 0 Å². The Hall–Kier alpha value is -1.09. The van der Waals surface area contributed by atoms with Crippen LogP contribution in [0, 0.1) is 12.3 Å². The number of nitrogens with two attached hydrogens (primary N) is 1. The second kappa shape index (κ2) is 6.40. The number of nitrogens with zero attached hydrogens (tertiary/aromatic N) is 1. The molecule has 1 fully saturated rings. The molecule has 0 aromatic heterocycles. The fraction of sp³-hybridized carbons (Fsp3) is 0.700. The van der Waals surface area contributed by atoms with E-state index in [9.17, 15) is 4.79 Å². The van der Waals surface area contributed by atoms with E-state index in [1.165, 1.54) is 0 Å². The summed E-state index contributed by atoms with van der Waals surface area (Å²) in [5.74, 6) is 2.16. The number of terminal acetylenes is 1. The zero-order valence-electron chi connectivity index (χ0n) is 8.74. The van der Waals surface area contributed by atoms with Crippen molar-refractivity contribution in [3.8, 4) is 12.3 Å². The molecule has 84 valence electrons. The first kappa shape index (κ1) is 12.0. The topological polar surface area (TPSA) is 67.6 Å². The maximum absolute atomic E-state index is 10.4. The third kappa shape index (κ3) is 4.79. The standard InChI is InChI=1S/C10H17N3O2/c1-2-5-13-6-3-9(4-7-13)12-15-8-10(11)14/h1,9,12H,3-8H2,(H2,11,14). The molecule has 5 nitrogen and oxygen atoms in total. The second-order valence-electron chi connectivity index (χ2n) is 3.63. The van der Waals surface area contributed by atoms with Crippen LogP contribution in [-0.2, 0) is 9.63 Å². The van der Waals surface area contributed by atoms with Crippen molar-refractivity contribution in [2.75, 3.05) is 26.2 Å². The molecule has 0 unspecified atom stereocenters. The summed E-state index contributed by atoms with van der Waals surface area (Å²) in [4.78, 5) is 17.6. The van der Waals surface area contributed by atoms with Gasteiger partial charge in [-0.15, -0.1) is 6.42 Å². The Bertz CT molecular complexity index is 242. The van der Waals surface area contributed by atoms with Gasteiger partial charge in [0.2, 0.25) is 5.91 Å². The molecule has 0 saturated carbocycles. The number of hydrogen-bond donors (Lipinski definition) is 2. The van der Waals surface area contributed by atoms with Crippen molar-refractivity contribution in [1.29, 1.82) is 0 Å². The minimum atomic E-state index is -0.465. The SMILES string of the molecule is C#CCN1CCC(NOCC(N)=O)CC1. The number of likely N-dealkylation sites (tertiary alicyclic amines) is 1. The lowest BCUT2D eigenvalue weighted by Crippen LogP contribution is -2.43. The van der Waals surface area contributed by atoms with Crippen LogP contribution in [0.5, 0.6) is 0 Å². The van der Waals surface area contributed by atoms with Crippen molar-refractivity contribution in [3.63, 3.8) is 0 Å². The highest BCUT2D eigenvalue weighted by Crippen LogP contribution is 2.09. The van der Waals surface area contributed by atoms with E-state index in [-0.39, 0.29) is 6.61 Å². The molecule has 5 heteroatoms. The van der Waals surface area contributed by atoms with E-state index < -0.39 is 5.91 Å². The third-order valence-corrected chi connectivity index (χ3v) is 2.37. The van der Waals surface area contributed by atoms with Crippen molar-refractivity contribution in [1.82, 2.24) is 10.4 Å². The van der Waals surface area contributed by atoms with Gasteiger partial charge < -0.3 is 5.73 Å². The van der Waals surface area contributed by atoms with Crippen LogP contribution >= 0.6 is 0 Å². The van der Waals surface area contributed by atoms with Crippen LogP contribution < -0.4 is 11.2 Å². The normalized spacial score (nSPS) is 18.6. The van der Waals surface area contributed by atoms with Crippen molar-refractivity contribution < 1.29 is 9.63 Å². The fourth-order valence-corrected chi connectivity index (χ4v) is 1.57. The maximum Gasteiger partial charge on any atom is 0.245 e. The van der Waals surface area contributed by atoms with Gasteiger partial charge in [-0.05, 0) is 12.8 Å². The zero-order valence-corrected chi connectivity index (χ0v) is 8.74. The number of carbonyl (C=O) groups is 1. The van der Waals surface area contributed by atoms with Gasteiger partial charge in [0, 0.05) is 19.1 Å². The molecule has 1 rings (SSSR count). The highest BCUT2D eigenvalue weighted by Gasteiger charge is 2.18. The first-order valence-electron chi connectivity index (χ1n) is 5.04. The summed E-state index contributed by atoms with van der Waals surface area (Å²) in [6, 6.07) is 0.290. The van der Waals surface area contributed by atoms with E-state index in [4.69, 9.17) is 17.0 Å². The zero-order chi connectivity index (χ0) is 11.1. The van der Waals surface area contributed by atoms with Crippen molar-refractivity contribution in [2.24, 2.45) is 5.73 Å². The predicted octanol–water partition coefficient (Wildman–Crippen LogP) is -0.909. The Morgan fingerprint density at radius 2 is 2.27 bits per heavy atom. The fourth-order valence-electron chi connectivity index (χ4n) is 1.57. The Kier molecular flexibility index (Phi) is 5.12. The molecule has 1 amide bonds. The molecular weight excluding hydrogens is 194 g/mol. The Morgan fingerprint density at radius 1 is 1.60 bits per heavy atom. The Balaban J connectivity index is 2.10. The van der Waals surface area contributed by atoms with Gasteiger partial charge in [-0.2, -0.15) is 5.48 Å². The third-order valence-electron chi connectivity index (χ3n) is 2.37. The van der Waals surface area contributed by atoms with Gasteiger partial charge in [0.25, 0.3) is 0 Å². The van der Waals surface area contributed by atoms with Crippen LogP contribution in [0.1, 0.15) is 12.8 Å². The van der Waals surface area contributed by atoms with Crippen molar-refractivity contribution >= 4 is 5.91 Å². The lowest BCUT2D eigenvalue weighted by molar-refractivity contribution is -0.126. The largest absolute Gasteiger partial charge is 0.368 e. The van der Waals surface area contributed by atoms with Crippen LogP contribution in [0.3, 0.4) is 0 Å². The Morgan fingerprint density at radius 3 is 2.80 bits per heavy atom. The van der Waals surface area contributed by atoms with Gasteiger partial charge in [-0.25, -0.2) is 0 Å². The smallest absolute Gasteiger partial charge is 0.245 e. The molecule has 1 heterocycles. The summed E-state index contributed by atoms with van der Waals surface area (Å²) in [7, 11) is 0. The van der Waals surface area contributed by atoms with E-state index in [2.05, 4.69) is 16.3 Å². The van der Waals surface area contributed by atoms with Crippen LogP contribution in [0.4, 0.5) is 0 Å². The number of nitrogens with one attached hydrogen (secondary N) is 1. The van der Waals surface area contributed by atoms with Crippen molar-refractivity contribution in [3.05, 3.63) is 0 Å². The molecule has 0 aromatic carbocycles. The lowest BCUT2D eigenvalue weighted by atomic mass is 10.1. The average Bonchev–Trinajstić information content (AvgIpc) is 2.20.